The summed E-state index contributed by atoms with van der Waals surface area (Å²) in [6.45, 7) is 0. The van der Waals surface area contributed by atoms with E-state index in [0.29, 0.717) is 11.2 Å². The molecule has 138 valence electrons. The van der Waals surface area contributed by atoms with Crippen molar-refractivity contribution in [1.29, 1.82) is 0 Å². The minimum atomic E-state index is -4.55. The van der Waals surface area contributed by atoms with Crippen molar-refractivity contribution in [2.24, 2.45) is 5.41 Å². The molecule has 12 heteroatoms. The Bertz CT molecular complexity index is 836. The fraction of sp³-hybridized carbons (Fsp3) is 0.615. The molecule has 0 unspecified atom stereocenters. The molecule has 1 fully saturated rings. The standard InChI is InChI=1S/C13H17F3N5O3P/c14-13(15,16)12(3-4-25(22,23)24)2-1-8(5-12)21-7-20-9-10(17)18-6-19-11(9)21/h6-8H,1-5H2,(H2,17,18,19)(H2,22,23,24)/t8-,12+/m0/s1. The van der Waals surface area contributed by atoms with Crippen LogP contribution in [0.2, 0.25) is 0 Å². The van der Waals surface area contributed by atoms with E-state index in [-0.39, 0.29) is 25.1 Å². The maximum Gasteiger partial charge on any atom is 0.394 e. The molecule has 2 aromatic heterocycles. The zero-order chi connectivity index (χ0) is 18.5. The summed E-state index contributed by atoms with van der Waals surface area (Å²) in [6.07, 6.45) is -3.64. The lowest BCUT2D eigenvalue weighted by atomic mass is 9.82. The van der Waals surface area contributed by atoms with Gasteiger partial charge in [0.1, 0.15) is 11.8 Å². The zero-order valence-electron chi connectivity index (χ0n) is 13.0. The first kappa shape index (κ1) is 18.1. The van der Waals surface area contributed by atoms with Gasteiger partial charge in [-0.3, -0.25) is 4.57 Å². The Hall–Kier alpha value is -1.71. The average Bonchev–Trinajstić information content (AvgIpc) is 3.08. The van der Waals surface area contributed by atoms with Crippen LogP contribution >= 0.6 is 7.60 Å². The van der Waals surface area contributed by atoms with E-state index in [2.05, 4.69) is 15.0 Å². The van der Waals surface area contributed by atoms with Gasteiger partial charge in [0.25, 0.3) is 0 Å². The van der Waals surface area contributed by atoms with Crippen LogP contribution in [0.1, 0.15) is 31.7 Å². The highest BCUT2D eigenvalue weighted by Gasteiger charge is 2.58. The maximum absolute atomic E-state index is 13.7. The fourth-order valence-corrected chi connectivity index (χ4v) is 4.18. The number of anilines is 1. The highest BCUT2D eigenvalue weighted by Crippen LogP contribution is 2.58. The molecule has 1 aliphatic rings. The molecule has 0 radical (unpaired) electrons. The monoisotopic (exact) mass is 379 g/mol. The predicted octanol–water partition coefficient (Wildman–Crippen LogP) is 2.25. The van der Waals surface area contributed by atoms with Gasteiger partial charge in [0, 0.05) is 6.04 Å². The zero-order valence-corrected chi connectivity index (χ0v) is 13.9. The Morgan fingerprint density at radius 3 is 2.72 bits per heavy atom. The molecule has 1 aliphatic carbocycles. The van der Waals surface area contributed by atoms with Gasteiger partial charge in [-0.2, -0.15) is 13.2 Å². The van der Waals surface area contributed by atoms with E-state index in [1.165, 1.54) is 12.7 Å². The Morgan fingerprint density at radius 2 is 2.08 bits per heavy atom. The molecule has 0 spiro atoms. The molecule has 2 heterocycles. The lowest BCUT2D eigenvalue weighted by molar-refractivity contribution is -0.224. The first-order valence-electron chi connectivity index (χ1n) is 7.57. The van der Waals surface area contributed by atoms with Gasteiger partial charge in [0.15, 0.2) is 11.5 Å². The van der Waals surface area contributed by atoms with Crippen molar-refractivity contribution in [2.75, 3.05) is 11.9 Å². The molecular formula is C13H17F3N5O3P. The average molecular weight is 379 g/mol. The first-order valence-corrected chi connectivity index (χ1v) is 9.36. The largest absolute Gasteiger partial charge is 0.394 e. The third kappa shape index (κ3) is 3.36. The van der Waals surface area contributed by atoms with Gasteiger partial charge in [0.05, 0.1) is 17.9 Å². The van der Waals surface area contributed by atoms with Gasteiger partial charge in [-0.05, 0) is 25.7 Å². The summed E-state index contributed by atoms with van der Waals surface area (Å²) in [4.78, 5) is 29.9. The number of hydrogen-bond donors (Lipinski definition) is 3. The quantitative estimate of drug-likeness (QED) is 0.695. The molecular weight excluding hydrogens is 362 g/mol. The van der Waals surface area contributed by atoms with Crippen molar-refractivity contribution in [1.82, 2.24) is 19.5 Å². The summed E-state index contributed by atoms with van der Waals surface area (Å²) < 4.78 is 53.6. The Labute approximate surface area is 140 Å². The van der Waals surface area contributed by atoms with E-state index in [4.69, 9.17) is 15.5 Å². The molecule has 0 aromatic carbocycles. The Morgan fingerprint density at radius 1 is 1.36 bits per heavy atom. The van der Waals surface area contributed by atoms with Crippen LogP contribution in [-0.2, 0) is 4.57 Å². The second-order valence-corrected chi connectivity index (χ2v) is 8.17. The van der Waals surface area contributed by atoms with Crippen LogP contribution < -0.4 is 5.73 Å². The number of nitrogens with zero attached hydrogens (tertiary/aromatic N) is 4. The van der Waals surface area contributed by atoms with E-state index in [1.54, 1.807) is 4.57 Å². The lowest BCUT2D eigenvalue weighted by Crippen LogP contribution is -2.36. The third-order valence-electron chi connectivity index (χ3n) is 4.85. The van der Waals surface area contributed by atoms with Crippen molar-refractivity contribution in [3.63, 3.8) is 0 Å². The first-order chi connectivity index (χ1) is 11.5. The van der Waals surface area contributed by atoms with Gasteiger partial charge in [0.2, 0.25) is 0 Å². The van der Waals surface area contributed by atoms with Crippen molar-refractivity contribution >= 4 is 24.6 Å². The SMILES string of the molecule is Nc1ncnc2c1ncn2[C@H]1CC[C@](CCP(=O)(O)O)(C(F)(F)F)C1. The van der Waals surface area contributed by atoms with E-state index in [0.717, 1.165) is 0 Å². The van der Waals surface area contributed by atoms with E-state index in [9.17, 15) is 17.7 Å². The van der Waals surface area contributed by atoms with Crippen LogP contribution in [0.5, 0.6) is 0 Å². The minimum absolute atomic E-state index is 0.144. The molecule has 1 saturated carbocycles. The van der Waals surface area contributed by atoms with Gasteiger partial charge < -0.3 is 20.1 Å². The highest BCUT2D eigenvalue weighted by atomic mass is 31.2. The van der Waals surface area contributed by atoms with Crippen LogP contribution in [0.3, 0.4) is 0 Å². The van der Waals surface area contributed by atoms with Crippen LogP contribution in [0.25, 0.3) is 11.2 Å². The number of halogens is 3. The van der Waals surface area contributed by atoms with Crippen LogP contribution in [0.15, 0.2) is 12.7 Å². The number of rotatable bonds is 4. The number of fused-ring (bicyclic) bond motifs is 1. The summed E-state index contributed by atoms with van der Waals surface area (Å²) in [5.74, 6) is 0.144. The van der Waals surface area contributed by atoms with Gasteiger partial charge in [-0.15, -0.1) is 0 Å². The Kier molecular flexibility index (Phi) is 4.29. The number of aromatic nitrogens is 4. The van der Waals surface area contributed by atoms with E-state index >= 15 is 0 Å². The molecule has 4 N–H and O–H groups in total. The number of alkyl halides is 3. The smallest absolute Gasteiger partial charge is 0.382 e. The molecule has 0 saturated heterocycles. The topological polar surface area (TPSA) is 127 Å². The van der Waals surface area contributed by atoms with E-state index < -0.39 is 37.8 Å². The lowest BCUT2D eigenvalue weighted by Gasteiger charge is -2.32. The van der Waals surface area contributed by atoms with Gasteiger partial charge >= 0.3 is 13.8 Å². The molecule has 2 atom stereocenters. The summed E-state index contributed by atoms with van der Waals surface area (Å²) >= 11 is 0. The molecule has 2 aromatic rings. The number of nitrogens with two attached hydrogens (primary N) is 1. The van der Waals surface area contributed by atoms with Crippen LogP contribution in [-0.4, -0.2) is 41.6 Å². The van der Waals surface area contributed by atoms with Gasteiger partial charge in [-0.1, -0.05) is 0 Å². The predicted molar refractivity (Wildman–Crippen MR) is 82.6 cm³/mol. The molecule has 8 nitrogen and oxygen atoms in total. The second kappa shape index (κ2) is 5.93. The normalized spacial score (nSPS) is 24.9. The third-order valence-corrected chi connectivity index (χ3v) is 5.65. The summed E-state index contributed by atoms with van der Waals surface area (Å²) in [5.41, 5.74) is 4.24. The van der Waals surface area contributed by atoms with Gasteiger partial charge in [-0.25, -0.2) is 15.0 Å². The summed E-state index contributed by atoms with van der Waals surface area (Å²) in [6, 6.07) is -0.530. The molecule has 3 rings (SSSR count). The second-order valence-electron chi connectivity index (χ2n) is 6.40. The molecule has 25 heavy (non-hydrogen) atoms. The molecule has 0 amide bonds. The van der Waals surface area contributed by atoms with Crippen molar-refractivity contribution in [3.05, 3.63) is 12.7 Å². The molecule has 0 bridgehead atoms. The fourth-order valence-electron chi connectivity index (χ4n) is 3.46. The van der Waals surface area contributed by atoms with Crippen molar-refractivity contribution in [2.45, 2.75) is 37.9 Å². The Balaban J connectivity index is 1.91. The number of nitrogen functional groups attached to an aromatic ring is 1. The summed E-state index contributed by atoms with van der Waals surface area (Å²) in [7, 11) is -4.51. The highest BCUT2D eigenvalue weighted by molar-refractivity contribution is 7.51. The summed E-state index contributed by atoms with van der Waals surface area (Å²) in [5, 5.41) is 0. The van der Waals surface area contributed by atoms with Crippen LogP contribution in [0, 0.1) is 5.41 Å². The number of imidazole rings is 1. The van der Waals surface area contributed by atoms with Crippen molar-refractivity contribution < 1.29 is 27.5 Å². The minimum Gasteiger partial charge on any atom is -0.382 e. The molecule has 0 aliphatic heterocycles. The number of hydrogen-bond acceptors (Lipinski definition) is 5. The maximum atomic E-state index is 13.7. The van der Waals surface area contributed by atoms with Crippen molar-refractivity contribution in [3.8, 4) is 0 Å². The van der Waals surface area contributed by atoms with E-state index in [1.807, 2.05) is 0 Å². The van der Waals surface area contributed by atoms with Crippen LogP contribution in [0.4, 0.5) is 19.0 Å².